The Morgan fingerprint density at radius 1 is 1.31 bits per heavy atom. The Morgan fingerprint density at radius 2 is 1.88 bits per heavy atom. The van der Waals surface area contributed by atoms with Gasteiger partial charge in [0.1, 0.15) is 0 Å². The monoisotopic (exact) mass is 268 g/mol. The average molecular weight is 269 g/mol. The molecule has 3 nitrogen and oxygen atoms in total. The highest BCUT2D eigenvalue weighted by Crippen LogP contribution is 2.36. The van der Waals surface area contributed by atoms with Crippen LogP contribution < -0.4 is 0 Å². The third-order valence-electron chi connectivity index (χ3n) is 3.47. The molecule has 0 aromatic carbocycles. The van der Waals surface area contributed by atoms with E-state index in [2.05, 4.69) is 0 Å². The van der Waals surface area contributed by atoms with E-state index in [0.29, 0.717) is 25.5 Å². The molecule has 0 atom stereocenters. The molecule has 0 aliphatic carbocycles. The molecule has 0 N–H and O–H groups in total. The van der Waals surface area contributed by atoms with E-state index < -0.39 is 9.84 Å². The van der Waals surface area contributed by atoms with Gasteiger partial charge in [-0.05, 0) is 38.5 Å². The largest absolute Gasteiger partial charge is 0.381 e. The molecule has 0 aromatic heterocycles. The maximum Gasteiger partial charge on any atom is 0.152 e. The van der Waals surface area contributed by atoms with Crippen LogP contribution in [0.5, 0.6) is 0 Å². The van der Waals surface area contributed by atoms with E-state index in [4.69, 9.17) is 16.3 Å². The summed E-state index contributed by atoms with van der Waals surface area (Å²) in [4.78, 5) is 0. The molecule has 5 heteroatoms. The minimum Gasteiger partial charge on any atom is -0.381 e. The topological polar surface area (TPSA) is 43.4 Å². The summed E-state index contributed by atoms with van der Waals surface area (Å²) in [5.74, 6) is 0.779. The zero-order valence-electron chi connectivity index (χ0n) is 10.0. The lowest BCUT2D eigenvalue weighted by atomic mass is 9.80. The van der Waals surface area contributed by atoms with E-state index in [1.807, 2.05) is 0 Å². The van der Waals surface area contributed by atoms with E-state index in [9.17, 15) is 8.42 Å². The molecule has 16 heavy (non-hydrogen) atoms. The Bertz CT molecular complexity index is 305. The van der Waals surface area contributed by atoms with E-state index in [1.54, 1.807) is 13.8 Å². The zero-order valence-corrected chi connectivity index (χ0v) is 11.6. The van der Waals surface area contributed by atoms with Crippen molar-refractivity contribution in [1.29, 1.82) is 0 Å². The Morgan fingerprint density at radius 3 is 2.31 bits per heavy atom. The fourth-order valence-corrected chi connectivity index (χ4v) is 3.44. The predicted molar refractivity (Wildman–Crippen MR) is 66.7 cm³/mol. The number of rotatable bonds is 5. The molecule has 0 bridgehead atoms. The fraction of sp³-hybridized carbons (Fsp3) is 1.00. The van der Waals surface area contributed by atoms with Gasteiger partial charge < -0.3 is 4.74 Å². The van der Waals surface area contributed by atoms with Crippen molar-refractivity contribution in [3.8, 4) is 0 Å². The molecule has 1 saturated heterocycles. The van der Waals surface area contributed by atoms with Crippen molar-refractivity contribution in [2.45, 2.75) is 38.4 Å². The Hall–Kier alpha value is 0.200. The van der Waals surface area contributed by atoms with Crippen LogP contribution in [0.4, 0.5) is 0 Å². The second kappa shape index (κ2) is 5.69. The molecule has 0 radical (unpaired) electrons. The minimum absolute atomic E-state index is 0.0260. The molecule has 0 spiro atoms. The van der Waals surface area contributed by atoms with Gasteiger partial charge in [0.15, 0.2) is 9.84 Å². The average Bonchev–Trinajstić information content (AvgIpc) is 2.28. The first-order chi connectivity index (χ1) is 7.42. The molecule has 0 aromatic rings. The highest BCUT2D eigenvalue weighted by Gasteiger charge is 2.33. The quantitative estimate of drug-likeness (QED) is 0.718. The van der Waals surface area contributed by atoms with Gasteiger partial charge in [0.2, 0.25) is 0 Å². The van der Waals surface area contributed by atoms with Crippen LogP contribution >= 0.6 is 11.6 Å². The maximum absolute atomic E-state index is 11.8. The van der Waals surface area contributed by atoms with Crippen molar-refractivity contribution in [2.24, 2.45) is 5.41 Å². The third kappa shape index (κ3) is 3.60. The van der Waals surface area contributed by atoms with Gasteiger partial charge in [-0.3, -0.25) is 0 Å². The summed E-state index contributed by atoms with van der Waals surface area (Å²) in [6.45, 7) is 4.86. The van der Waals surface area contributed by atoms with Crippen LogP contribution in [0.15, 0.2) is 0 Å². The van der Waals surface area contributed by atoms with Crippen LogP contribution in [0, 0.1) is 5.41 Å². The Balaban J connectivity index is 2.58. The second-order valence-electron chi connectivity index (χ2n) is 4.91. The van der Waals surface area contributed by atoms with Crippen LogP contribution in [-0.4, -0.2) is 38.5 Å². The van der Waals surface area contributed by atoms with E-state index in [0.717, 1.165) is 12.8 Å². The van der Waals surface area contributed by atoms with E-state index >= 15 is 0 Å². The van der Waals surface area contributed by atoms with Gasteiger partial charge in [0.25, 0.3) is 0 Å². The van der Waals surface area contributed by atoms with Gasteiger partial charge in [0, 0.05) is 19.1 Å². The van der Waals surface area contributed by atoms with Gasteiger partial charge in [-0.2, -0.15) is 0 Å². The number of halogens is 1. The SMILES string of the molecule is CC(C)S(=O)(=O)CCC1(CCl)CCOCC1. The van der Waals surface area contributed by atoms with Crippen molar-refractivity contribution in [1.82, 2.24) is 0 Å². The van der Waals surface area contributed by atoms with Crippen LogP contribution in [0.3, 0.4) is 0 Å². The molecule has 96 valence electrons. The molecule has 1 fully saturated rings. The highest BCUT2D eigenvalue weighted by molar-refractivity contribution is 7.91. The van der Waals surface area contributed by atoms with Crippen molar-refractivity contribution >= 4 is 21.4 Å². The van der Waals surface area contributed by atoms with Crippen molar-refractivity contribution in [3.63, 3.8) is 0 Å². The molecule has 1 rings (SSSR count). The molecular weight excluding hydrogens is 248 g/mol. The summed E-state index contributed by atoms with van der Waals surface area (Å²) in [6, 6.07) is 0. The smallest absolute Gasteiger partial charge is 0.152 e. The molecule has 1 heterocycles. The normalized spacial score (nSPS) is 21.2. The fourth-order valence-electron chi connectivity index (χ4n) is 1.85. The third-order valence-corrected chi connectivity index (χ3v) is 6.25. The Labute approximate surface area is 103 Å². The number of hydrogen-bond acceptors (Lipinski definition) is 3. The molecule has 0 amide bonds. The lowest BCUT2D eigenvalue weighted by Crippen LogP contribution is -2.34. The van der Waals surface area contributed by atoms with Gasteiger partial charge in [-0.15, -0.1) is 11.6 Å². The first-order valence-electron chi connectivity index (χ1n) is 5.77. The second-order valence-corrected chi connectivity index (χ2v) is 7.86. The summed E-state index contributed by atoms with van der Waals surface area (Å²) in [6.07, 6.45) is 2.43. The van der Waals surface area contributed by atoms with Crippen LogP contribution in [-0.2, 0) is 14.6 Å². The molecule has 0 saturated carbocycles. The van der Waals surface area contributed by atoms with Crippen molar-refractivity contribution in [3.05, 3.63) is 0 Å². The van der Waals surface area contributed by atoms with Crippen LogP contribution in [0.25, 0.3) is 0 Å². The summed E-state index contributed by atoms with van der Waals surface area (Å²) >= 11 is 6.00. The number of alkyl halides is 1. The molecule has 0 unspecified atom stereocenters. The van der Waals surface area contributed by atoms with Crippen molar-refractivity contribution in [2.75, 3.05) is 24.8 Å². The number of hydrogen-bond donors (Lipinski definition) is 0. The number of sulfone groups is 1. The van der Waals surface area contributed by atoms with Gasteiger partial charge >= 0.3 is 0 Å². The van der Waals surface area contributed by atoms with E-state index in [-0.39, 0.29) is 16.4 Å². The molecular formula is C11H21ClO3S. The highest BCUT2D eigenvalue weighted by atomic mass is 35.5. The predicted octanol–water partition coefficient (Wildman–Crippen LogP) is 2.24. The lowest BCUT2D eigenvalue weighted by molar-refractivity contribution is 0.0242. The standard InChI is InChI=1S/C11H21ClO3S/c1-10(2)16(13,14)8-5-11(9-12)3-6-15-7-4-11/h10H,3-9H2,1-2H3. The van der Waals surface area contributed by atoms with Crippen LogP contribution in [0.2, 0.25) is 0 Å². The van der Waals surface area contributed by atoms with Crippen LogP contribution in [0.1, 0.15) is 33.1 Å². The summed E-state index contributed by atoms with van der Waals surface area (Å²) in [5.41, 5.74) is -0.0260. The summed E-state index contributed by atoms with van der Waals surface area (Å²) in [7, 11) is -2.95. The summed E-state index contributed by atoms with van der Waals surface area (Å²) < 4.78 is 28.8. The number of ether oxygens (including phenoxy) is 1. The lowest BCUT2D eigenvalue weighted by Gasteiger charge is -2.35. The van der Waals surface area contributed by atoms with E-state index in [1.165, 1.54) is 0 Å². The minimum atomic E-state index is -2.95. The Kier molecular flexibility index (Phi) is 5.08. The first kappa shape index (κ1) is 14.3. The summed E-state index contributed by atoms with van der Waals surface area (Å²) in [5, 5.41) is -0.292. The zero-order chi connectivity index (χ0) is 12.2. The first-order valence-corrected chi connectivity index (χ1v) is 8.02. The van der Waals surface area contributed by atoms with Crippen molar-refractivity contribution < 1.29 is 13.2 Å². The molecule has 1 aliphatic heterocycles. The van der Waals surface area contributed by atoms with Gasteiger partial charge in [0.05, 0.1) is 11.0 Å². The maximum atomic E-state index is 11.8. The van der Waals surface area contributed by atoms with Gasteiger partial charge in [-0.25, -0.2) is 8.42 Å². The molecule has 1 aliphatic rings. The van der Waals surface area contributed by atoms with Gasteiger partial charge in [-0.1, -0.05) is 0 Å².